The molecule has 1 N–H and O–H groups in total. The van der Waals surface area contributed by atoms with Crippen LogP contribution in [0.25, 0.3) is 0 Å². The zero-order valence-electron chi connectivity index (χ0n) is 9.18. The monoisotopic (exact) mass is 246 g/mol. The highest BCUT2D eigenvalue weighted by molar-refractivity contribution is 5.26. The number of ether oxygens (including phenoxy) is 1. The summed E-state index contributed by atoms with van der Waals surface area (Å²) in [6, 6.07) is 1.93. The van der Waals surface area contributed by atoms with Gasteiger partial charge in [-0.05, 0) is 18.9 Å². The summed E-state index contributed by atoms with van der Waals surface area (Å²) in [6.45, 7) is 0.753. The maximum absolute atomic E-state index is 13.6. The van der Waals surface area contributed by atoms with Gasteiger partial charge in [-0.15, -0.1) is 0 Å². The second-order valence-corrected chi connectivity index (χ2v) is 4.22. The predicted molar refractivity (Wildman–Crippen MR) is 54.9 cm³/mol. The first-order chi connectivity index (χ1) is 8.04. The Kier molecular flexibility index (Phi) is 3.40. The van der Waals surface area contributed by atoms with Crippen molar-refractivity contribution in [3.8, 4) is 0 Å². The lowest BCUT2D eigenvalue weighted by molar-refractivity contribution is 0.0105. The molecule has 0 aliphatic carbocycles. The van der Waals surface area contributed by atoms with Crippen molar-refractivity contribution in [1.29, 1.82) is 0 Å². The molecule has 1 aliphatic rings. The van der Waals surface area contributed by atoms with Gasteiger partial charge >= 0.3 is 0 Å². The Balaban J connectivity index is 2.41. The Morgan fingerprint density at radius 3 is 2.59 bits per heavy atom. The molecule has 17 heavy (non-hydrogen) atoms. The number of benzene rings is 1. The number of hydrogen-bond donors (Lipinski definition) is 1. The minimum Gasteiger partial charge on any atom is -0.385 e. The summed E-state index contributed by atoms with van der Waals surface area (Å²) in [5.41, 5.74) is -1.67. The van der Waals surface area contributed by atoms with Gasteiger partial charge in [-0.2, -0.15) is 0 Å². The molecule has 1 unspecified atom stereocenters. The average molecular weight is 246 g/mol. The molecular formula is C12H13F3O2. The van der Waals surface area contributed by atoms with Crippen molar-refractivity contribution >= 4 is 0 Å². The largest absolute Gasteiger partial charge is 0.385 e. The van der Waals surface area contributed by atoms with Gasteiger partial charge in [0.15, 0.2) is 17.5 Å². The molecule has 2 rings (SSSR count). The fraction of sp³-hybridized carbons (Fsp3) is 0.500. The number of rotatable bonds is 1. The van der Waals surface area contributed by atoms with Crippen LogP contribution >= 0.6 is 0 Å². The molecule has 2 nitrogen and oxygen atoms in total. The number of hydrogen-bond acceptors (Lipinski definition) is 2. The van der Waals surface area contributed by atoms with E-state index in [1.54, 1.807) is 0 Å². The van der Waals surface area contributed by atoms with Crippen LogP contribution in [0.2, 0.25) is 0 Å². The fourth-order valence-electron chi connectivity index (χ4n) is 2.09. The predicted octanol–water partition coefficient (Wildman–Crippen LogP) is 2.49. The van der Waals surface area contributed by atoms with Crippen LogP contribution in [0.15, 0.2) is 12.1 Å². The second-order valence-electron chi connectivity index (χ2n) is 4.22. The molecule has 0 spiro atoms. The van der Waals surface area contributed by atoms with Crippen LogP contribution < -0.4 is 0 Å². The highest BCUT2D eigenvalue weighted by atomic mass is 19.2. The van der Waals surface area contributed by atoms with Gasteiger partial charge in [0.2, 0.25) is 0 Å². The highest BCUT2D eigenvalue weighted by Crippen LogP contribution is 2.34. The van der Waals surface area contributed by atoms with Gasteiger partial charge in [-0.1, -0.05) is 6.07 Å². The average Bonchev–Trinajstić information content (AvgIpc) is 2.52. The molecule has 1 aromatic rings. The van der Waals surface area contributed by atoms with E-state index < -0.39 is 23.1 Å². The third kappa shape index (κ3) is 2.30. The lowest BCUT2D eigenvalue weighted by atomic mass is 9.86. The first-order valence-corrected chi connectivity index (χ1v) is 5.49. The van der Waals surface area contributed by atoms with Crippen LogP contribution in [0, 0.1) is 17.5 Å². The summed E-state index contributed by atoms with van der Waals surface area (Å²) in [5.74, 6) is -4.10. The standard InChI is InChI=1S/C12H13F3O2/c13-9-3-2-8(10(14)11(9)15)12(16)4-1-6-17-7-5-12/h2-3,16H,1,4-7H2. The van der Waals surface area contributed by atoms with Crippen LogP contribution in [0.5, 0.6) is 0 Å². The summed E-state index contributed by atoms with van der Waals surface area (Å²) in [6.07, 6.45) is 0.999. The van der Waals surface area contributed by atoms with E-state index in [9.17, 15) is 18.3 Å². The van der Waals surface area contributed by atoms with Crippen molar-refractivity contribution in [3.63, 3.8) is 0 Å². The Bertz CT molecular complexity index is 412. The molecule has 0 amide bonds. The lowest BCUT2D eigenvalue weighted by Gasteiger charge is -2.27. The highest BCUT2D eigenvalue weighted by Gasteiger charge is 2.34. The van der Waals surface area contributed by atoms with Gasteiger partial charge < -0.3 is 9.84 Å². The first kappa shape index (κ1) is 12.4. The minimum atomic E-state index is -1.54. The molecule has 0 radical (unpaired) electrons. The van der Waals surface area contributed by atoms with Gasteiger partial charge in [0.1, 0.15) is 0 Å². The molecule has 94 valence electrons. The molecule has 1 fully saturated rings. The van der Waals surface area contributed by atoms with E-state index in [1.807, 2.05) is 0 Å². The van der Waals surface area contributed by atoms with Crippen molar-refractivity contribution in [2.24, 2.45) is 0 Å². The van der Waals surface area contributed by atoms with Crippen LogP contribution in [-0.4, -0.2) is 18.3 Å². The Labute approximate surface area is 97.0 Å². The van der Waals surface area contributed by atoms with Crippen molar-refractivity contribution in [1.82, 2.24) is 0 Å². The molecule has 1 aromatic carbocycles. The Morgan fingerprint density at radius 1 is 1.06 bits per heavy atom. The molecule has 0 saturated carbocycles. The number of aliphatic hydroxyl groups is 1. The topological polar surface area (TPSA) is 29.5 Å². The molecular weight excluding hydrogens is 233 g/mol. The van der Waals surface area contributed by atoms with E-state index in [4.69, 9.17) is 4.74 Å². The van der Waals surface area contributed by atoms with Crippen LogP contribution in [0.4, 0.5) is 13.2 Å². The maximum atomic E-state index is 13.6. The molecule has 1 saturated heterocycles. The van der Waals surface area contributed by atoms with Gasteiger partial charge in [-0.25, -0.2) is 13.2 Å². The number of halogens is 3. The second kappa shape index (κ2) is 4.66. The zero-order chi connectivity index (χ0) is 12.5. The minimum absolute atomic E-state index is 0.176. The van der Waals surface area contributed by atoms with Crippen LogP contribution in [-0.2, 0) is 10.3 Å². The SMILES string of the molecule is OC1(c2ccc(F)c(F)c2F)CCCOCC1. The lowest BCUT2D eigenvalue weighted by Crippen LogP contribution is -2.28. The van der Waals surface area contributed by atoms with E-state index in [2.05, 4.69) is 0 Å². The molecule has 5 heteroatoms. The van der Waals surface area contributed by atoms with E-state index in [0.717, 1.165) is 12.1 Å². The summed E-state index contributed by atoms with van der Waals surface area (Å²) in [5, 5.41) is 10.3. The summed E-state index contributed by atoms with van der Waals surface area (Å²) < 4.78 is 44.7. The van der Waals surface area contributed by atoms with E-state index in [0.29, 0.717) is 13.0 Å². The molecule has 1 atom stereocenters. The Hall–Kier alpha value is -1.07. The summed E-state index contributed by atoms with van der Waals surface area (Å²) in [4.78, 5) is 0. The third-order valence-corrected chi connectivity index (χ3v) is 3.08. The van der Waals surface area contributed by atoms with Crippen molar-refractivity contribution in [2.45, 2.75) is 24.9 Å². The normalized spacial score (nSPS) is 25.6. The van der Waals surface area contributed by atoms with Crippen LogP contribution in [0.3, 0.4) is 0 Å². The summed E-state index contributed by atoms with van der Waals surface area (Å²) in [7, 11) is 0. The van der Waals surface area contributed by atoms with E-state index >= 15 is 0 Å². The molecule has 1 aliphatic heterocycles. The van der Waals surface area contributed by atoms with Gasteiger partial charge in [-0.3, -0.25) is 0 Å². The third-order valence-electron chi connectivity index (χ3n) is 3.08. The maximum Gasteiger partial charge on any atom is 0.194 e. The molecule has 0 aromatic heterocycles. The van der Waals surface area contributed by atoms with E-state index in [1.165, 1.54) is 0 Å². The quantitative estimate of drug-likeness (QED) is 0.771. The summed E-state index contributed by atoms with van der Waals surface area (Å²) >= 11 is 0. The van der Waals surface area contributed by atoms with Gasteiger partial charge in [0.05, 0.1) is 5.60 Å². The van der Waals surface area contributed by atoms with Gasteiger partial charge in [0.25, 0.3) is 0 Å². The Morgan fingerprint density at radius 2 is 1.82 bits per heavy atom. The van der Waals surface area contributed by atoms with Crippen molar-refractivity contribution < 1.29 is 23.0 Å². The van der Waals surface area contributed by atoms with Crippen molar-refractivity contribution in [2.75, 3.05) is 13.2 Å². The van der Waals surface area contributed by atoms with Gasteiger partial charge in [0, 0.05) is 25.2 Å². The molecule has 0 bridgehead atoms. The van der Waals surface area contributed by atoms with Crippen molar-refractivity contribution in [3.05, 3.63) is 35.1 Å². The molecule has 1 heterocycles. The van der Waals surface area contributed by atoms with Crippen LogP contribution in [0.1, 0.15) is 24.8 Å². The fourth-order valence-corrected chi connectivity index (χ4v) is 2.09. The zero-order valence-corrected chi connectivity index (χ0v) is 9.18. The smallest absolute Gasteiger partial charge is 0.194 e. The first-order valence-electron chi connectivity index (χ1n) is 5.49. The van der Waals surface area contributed by atoms with E-state index in [-0.39, 0.29) is 25.0 Å².